The highest BCUT2D eigenvalue weighted by Gasteiger charge is 2.20. The van der Waals surface area contributed by atoms with Gasteiger partial charge in [-0.15, -0.1) is 0 Å². The van der Waals surface area contributed by atoms with Crippen LogP contribution in [0.4, 0.5) is 0 Å². The van der Waals surface area contributed by atoms with Crippen LogP contribution in [-0.4, -0.2) is 62.9 Å². The maximum atomic E-state index is 12.3. The Morgan fingerprint density at radius 3 is 2.14 bits per heavy atom. The van der Waals surface area contributed by atoms with Gasteiger partial charge in [0.15, 0.2) is 0 Å². The van der Waals surface area contributed by atoms with E-state index in [0.717, 1.165) is 13.0 Å². The summed E-state index contributed by atoms with van der Waals surface area (Å²) in [6.07, 6.45) is 0.638. The van der Waals surface area contributed by atoms with Gasteiger partial charge in [0.1, 0.15) is 0 Å². The SMILES string of the molecule is CN(C)CCCN(C)S(=O)(=O)c1ccc(CC(=O)O)cc1. The maximum Gasteiger partial charge on any atom is 0.307 e. The Bertz CT molecular complexity index is 567. The van der Waals surface area contributed by atoms with Gasteiger partial charge in [0, 0.05) is 13.6 Å². The molecule has 1 rings (SSSR count). The van der Waals surface area contributed by atoms with Crippen LogP contribution in [0.1, 0.15) is 12.0 Å². The van der Waals surface area contributed by atoms with E-state index in [1.165, 1.54) is 28.6 Å². The lowest BCUT2D eigenvalue weighted by Gasteiger charge is -2.18. The number of aliphatic carboxylic acids is 1. The van der Waals surface area contributed by atoms with E-state index in [0.29, 0.717) is 12.1 Å². The summed E-state index contributed by atoms with van der Waals surface area (Å²) in [7, 11) is 1.92. The van der Waals surface area contributed by atoms with Crippen molar-refractivity contribution in [3.8, 4) is 0 Å². The molecule has 0 unspecified atom stereocenters. The summed E-state index contributed by atoms with van der Waals surface area (Å²) in [5.41, 5.74) is 0.580. The Morgan fingerprint density at radius 2 is 1.67 bits per heavy atom. The lowest BCUT2D eigenvalue weighted by atomic mass is 10.2. The van der Waals surface area contributed by atoms with Gasteiger partial charge in [-0.25, -0.2) is 12.7 Å². The summed E-state index contributed by atoms with van der Waals surface area (Å²) >= 11 is 0. The summed E-state index contributed by atoms with van der Waals surface area (Å²) in [5, 5.41) is 8.70. The van der Waals surface area contributed by atoms with Crippen LogP contribution in [0, 0.1) is 0 Å². The minimum Gasteiger partial charge on any atom is -0.481 e. The van der Waals surface area contributed by atoms with Gasteiger partial charge in [0.05, 0.1) is 11.3 Å². The molecular weight excluding hydrogens is 292 g/mol. The van der Waals surface area contributed by atoms with Gasteiger partial charge in [-0.05, 0) is 44.8 Å². The molecule has 0 saturated heterocycles. The quantitative estimate of drug-likeness (QED) is 0.771. The average molecular weight is 314 g/mol. The average Bonchev–Trinajstić information content (AvgIpc) is 2.38. The lowest BCUT2D eigenvalue weighted by Crippen LogP contribution is -2.29. The molecule has 0 spiro atoms. The van der Waals surface area contributed by atoms with Crippen molar-refractivity contribution >= 4 is 16.0 Å². The molecule has 118 valence electrons. The zero-order valence-corrected chi connectivity index (χ0v) is 13.4. The fourth-order valence-corrected chi connectivity index (χ4v) is 3.07. The van der Waals surface area contributed by atoms with Crippen molar-refractivity contribution in [2.75, 3.05) is 34.2 Å². The van der Waals surface area contributed by atoms with Crippen molar-refractivity contribution in [2.24, 2.45) is 0 Å². The molecule has 1 aromatic carbocycles. The van der Waals surface area contributed by atoms with Gasteiger partial charge in [0.25, 0.3) is 0 Å². The second-order valence-corrected chi connectivity index (χ2v) is 7.24. The Kier molecular flexibility index (Phi) is 6.32. The number of carbonyl (C=O) groups is 1. The molecule has 7 heteroatoms. The second-order valence-electron chi connectivity index (χ2n) is 5.20. The summed E-state index contributed by atoms with van der Waals surface area (Å²) in [6, 6.07) is 5.98. The summed E-state index contributed by atoms with van der Waals surface area (Å²) in [6.45, 7) is 1.26. The zero-order valence-electron chi connectivity index (χ0n) is 12.6. The Balaban J connectivity index is 2.75. The zero-order chi connectivity index (χ0) is 16.0. The van der Waals surface area contributed by atoms with Gasteiger partial charge in [-0.3, -0.25) is 4.79 Å². The van der Waals surface area contributed by atoms with Crippen LogP contribution in [0.25, 0.3) is 0 Å². The molecule has 0 fully saturated rings. The van der Waals surface area contributed by atoms with Crippen molar-refractivity contribution in [3.63, 3.8) is 0 Å². The third-order valence-corrected chi connectivity index (χ3v) is 4.94. The van der Waals surface area contributed by atoms with Crippen LogP contribution >= 0.6 is 0 Å². The van der Waals surface area contributed by atoms with E-state index in [2.05, 4.69) is 0 Å². The topological polar surface area (TPSA) is 77.9 Å². The monoisotopic (exact) mass is 314 g/mol. The van der Waals surface area contributed by atoms with Crippen LogP contribution in [0.3, 0.4) is 0 Å². The number of carboxylic acids is 1. The van der Waals surface area contributed by atoms with Crippen LogP contribution < -0.4 is 0 Å². The normalized spacial score (nSPS) is 12.0. The molecule has 21 heavy (non-hydrogen) atoms. The van der Waals surface area contributed by atoms with Gasteiger partial charge in [-0.2, -0.15) is 0 Å². The third kappa shape index (κ3) is 5.45. The summed E-state index contributed by atoms with van der Waals surface area (Å²) in [4.78, 5) is 12.8. The van der Waals surface area contributed by atoms with Gasteiger partial charge in [-0.1, -0.05) is 12.1 Å². The van der Waals surface area contributed by atoms with Crippen LogP contribution in [0.2, 0.25) is 0 Å². The summed E-state index contributed by atoms with van der Waals surface area (Å²) in [5.74, 6) is -0.939. The molecule has 0 aliphatic rings. The van der Waals surface area contributed by atoms with Crippen LogP contribution in [0.5, 0.6) is 0 Å². The van der Waals surface area contributed by atoms with E-state index in [-0.39, 0.29) is 11.3 Å². The Hall–Kier alpha value is -1.44. The predicted octanol–water partition coefficient (Wildman–Crippen LogP) is 0.886. The van der Waals surface area contributed by atoms with Gasteiger partial charge < -0.3 is 10.0 Å². The minimum absolute atomic E-state index is 0.112. The first-order valence-electron chi connectivity index (χ1n) is 6.65. The number of sulfonamides is 1. The smallest absolute Gasteiger partial charge is 0.307 e. The first-order valence-corrected chi connectivity index (χ1v) is 8.09. The Labute approximate surface area is 126 Å². The van der Waals surface area contributed by atoms with Crippen molar-refractivity contribution < 1.29 is 18.3 Å². The number of hydrogen-bond donors (Lipinski definition) is 1. The lowest BCUT2D eigenvalue weighted by molar-refractivity contribution is -0.136. The molecule has 0 aliphatic heterocycles. The van der Waals surface area contributed by atoms with Crippen molar-refractivity contribution in [2.45, 2.75) is 17.7 Å². The van der Waals surface area contributed by atoms with E-state index in [1.54, 1.807) is 7.05 Å². The standard InChI is InChI=1S/C14H22N2O4S/c1-15(2)9-4-10-16(3)21(19,20)13-7-5-12(6-8-13)11-14(17)18/h5-8H,4,9-11H2,1-3H3,(H,17,18). The molecule has 0 heterocycles. The van der Waals surface area contributed by atoms with Gasteiger partial charge >= 0.3 is 5.97 Å². The Morgan fingerprint density at radius 1 is 1.10 bits per heavy atom. The number of rotatable bonds is 8. The van der Waals surface area contributed by atoms with E-state index in [9.17, 15) is 13.2 Å². The van der Waals surface area contributed by atoms with E-state index in [4.69, 9.17) is 5.11 Å². The van der Waals surface area contributed by atoms with Crippen molar-refractivity contribution in [1.29, 1.82) is 0 Å². The molecule has 0 radical (unpaired) electrons. The first kappa shape index (κ1) is 17.6. The second kappa shape index (κ2) is 7.53. The number of hydrogen-bond acceptors (Lipinski definition) is 4. The van der Waals surface area contributed by atoms with Crippen molar-refractivity contribution in [1.82, 2.24) is 9.21 Å². The predicted molar refractivity (Wildman–Crippen MR) is 80.8 cm³/mol. The maximum absolute atomic E-state index is 12.3. The number of carboxylic acid groups (broad SMARTS) is 1. The molecule has 1 N–H and O–H groups in total. The summed E-state index contributed by atoms with van der Waals surface area (Å²) < 4.78 is 26.0. The third-order valence-electron chi connectivity index (χ3n) is 3.07. The molecule has 1 aromatic rings. The minimum atomic E-state index is -3.51. The number of benzene rings is 1. The molecule has 0 bridgehead atoms. The number of nitrogens with zero attached hydrogens (tertiary/aromatic N) is 2. The molecule has 0 aromatic heterocycles. The highest BCUT2D eigenvalue weighted by molar-refractivity contribution is 7.89. The van der Waals surface area contributed by atoms with Gasteiger partial charge in [0.2, 0.25) is 10.0 Å². The van der Waals surface area contributed by atoms with E-state index >= 15 is 0 Å². The van der Waals surface area contributed by atoms with Crippen LogP contribution in [-0.2, 0) is 21.2 Å². The fourth-order valence-electron chi connectivity index (χ4n) is 1.86. The molecular formula is C14H22N2O4S. The van der Waals surface area contributed by atoms with E-state index < -0.39 is 16.0 Å². The van der Waals surface area contributed by atoms with Crippen molar-refractivity contribution in [3.05, 3.63) is 29.8 Å². The fraction of sp³-hybridized carbons (Fsp3) is 0.500. The largest absolute Gasteiger partial charge is 0.481 e. The van der Waals surface area contributed by atoms with E-state index in [1.807, 2.05) is 19.0 Å². The van der Waals surface area contributed by atoms with Crippen LogP contribution in [0.15, 0.2) is 29.2 Å². The first-order chi connectivity index (χ1) is 9.73. The molecule has 6 nitrogen and oxygen atoms in total. The molecule has 0 atom stereocenters. The highest BCUT2D eigenvalue weighted by Crippen LogP contribution is 2.15. The molecule has 0 amide bonds. The molecule has 0 saturated carbocycles. The highest BCUT2D eigenvalue weighted by atomic mass is 32.2. The molecule has 0 aliphatic carbocycles.